The van der Waals surface area contributed by atoms with Crippen molar-refractivity contribution < 1.29 is 19.0 Å². The van der Waals surface area contributed by atoms with Crippen LogP contribution in [0, 0.1) is 0 Å². The quantitative estimate of drug-likeness (QED) is 0.483. The Morgan fingerprint density at radius 2 is 1.93 bits per heavy atom. The van der Waals surface area contributed by atoms with Crippen LogP contribution in [0.3, 0.4) is 0 Å². The second-order valence-electron chi connectivity index (χ2n) is 6.33. The molecular weight excluding hydrogens is 392 g/mol. The number of hydrogen-bond donors (Lipinski definition) is 0. The van der Waals surface area contributed by atoms with Crippen LogP contribution in [-0.2, 0) is 11.3 Å². The molecule has 0 fully saturated rings. The molecule has 0 radical (unpaired) electrons. The van der Waals surface area contributed by atoms with Crippen molar-refractivity contribution in [2.45, 2.75) is 6.61 Å². The average molecular weight is 406 g/mol. The lowest BCUT2D eigenvalue weighted by Crippen LogP contribution is -2.16. The number of rotatable bonds is 4. The van der Waals surface area contributed by atoms with Gasteiger partial charge in [0.15, 0.2) is 16.5 Å². The van der Waals surface area contributed by atoms with E-state index in [1.54, 1.807) is 22.6 Å². The van der Waals surface area contributed by atoms with Crippen molar-refractivity contribution in [3.05, 3.63) is 81.6 Å². The van der Waals surface area contributed by atoms with Gasteiger partial charge in [-0.25, -0.2) is 9.78 Å². The third-order valence-corrected chi connectivity index (χ3v) is 5.31. The molecule has 3 heterocycles. The summed E-state index contributed by atoms with van der Waals surface area (Å²) < 4.78 is 17.4. The maximum absolute atomic E-state index is 12.7. The molecule has 0 aliphatic carbocycles. The Kier molecular flexibility index (Phi) is 4.25. The van der Waals surface area contributed by atoms with Crippen molar-refractivity contribution in [2.75, 3.05) is 6.79 Å². The van der Waals surface area contributed by atoms with E-state index in [-0.39, 0.29) is 19.0 Å². The number of carbonyl (C=O) groups excluding carboxylic acids is 1. The van der Waals surface area contributed by atoms with Gasteiger partial charge in [0, 0.05) is 11.4 Å². The SMILES string of the molecule is O=C(OCc1cc(=O)n2c(-c3ccccc3)csc2n1)c1ccc2c(c1)OCO2. The van der Waals surface area contributed by atoms with Gasteiger partial charge in [0.25, 0.3) is 5.56 Å². The molecule has 0 N–H and O–H groups in total. The molecule has 29 heavy (non-hydrogen) atoms. The van der Waals surface area contributed by atoms with Gasteiger partial charge in [-0.3, -0.25) is 9.20 Å². The molecule has 144 valence electrons. The summed E-state index contributed by atoms with van der Waals surface area (Å²) in [4.78, 5) is 30.0. The van der Waals surface area contributed by atoms with Crippen LogP contribution >= 0.6 is 11.3 Å². The Labute approximate surface area is 168 Å². The van der Waals surface area contributed by atoms with Gasteiger partial charge in [-0.15, -0.1) is 11.3 Å². The first-order valence-corrected chi connectivity index (χ1v) is 9.69. The van der Waals surface area contributed by atoms with Crippen molar-refractivity contribution in [3.63, 3.8) is 0 Å². The summed E-state index contributed by atoms with van der Waals surface area (Å²) in [5.41, 5.74) is 2.24. The zero-order valence-electron chi connectivity index (χ0n) is 15.0. The third-order valence-electron chi connectivity index (χ3n) is 4.49. The van der Waals surface area contributed by atoms with E-state index in [9.17, 15) is 9.59 Å². The van der Waals surface area contributed by atoms with Gasteiger partial charge >= 0.3 is 5.97 Å². The zero-order valence-corrected chi connectivity index (χ0v) is 15.8. The van der Waals surface area contributed by atoms with Gasteiger partial charge < -0.3 is 14.2 Å². The Morgan fingerprint density at radius 3 is 2.79 bits per heavy atom. The van der Waals surface area contributed by atoms with Gasteiger partial charge in [-0.1, -0.05) is 30.3 Å². The predicted octanol–water partition coefficient (Wildman–Crippen LogP) is 3.51. The van der Waals surface area contributed by atoms with Crippen molar-refractivity contribution in [1.82, 2.24) is 9.38 Å². The van der Waals surface area contributed by atoms with Gasteiger partial charge in [0.05, 0.1) is 17.0 Å². The fourth-order valence-corrected chi connectivity index (χ4v) is 4.02. The molecule has 2 aromatic heterocycles. The first-order chi connectivity index (χ1) is 14.2. The fourth-order valence-electron chi connectivity index (χ4n) is 3.09. The molecule has 5 rings (SSSR count). The predicted molar refractivity (Wildman–Crippen MR) is 106 cm³/mol. The van der Waals surface area contributed by atoms with E-state index >= 15 is 0 Å². The molecular formula is C21H14N2O5S. The molecule has 0 unspecified atom stereocenters. The molecule has 1 aliphatic rings. The minimum atomic E-state index is -0.526. The van der Waals surface area contributed by atoms with Crippen LogP contribution in [-0.4, -0.2) is 22.1 Å². The summed E-state index contributed by atoms with van der Waals surface area (Å²) in [7, 11) is 0. The first kappa shape index (κ1) is 17.4. The second-order valence-corrected chi connectivity index (χ2v) is 7.17. The summed E-state index contributed by atoms with van der Waals surface area (Å²) in [5.74, 6) is 0.569. The molecule has 1 aliphatic heterocycles. The summed E-state index contributed by atoms with van der Waals surface area (Å²) >= 11 is 1.36. The van der Waals surface area contributed by atoms with Gasteiger partial charge in [-0.05, 0) is 23.8 Å². The van der Waals surface area contributed by atoms with E-state index in [0.717, 1.165) is 11.3 Å². The smallest absolute Gasteiger partial charge is 0.338 e. The molecule has 0 atom stereocenters. The van der Waals surface area contributed by atoms with Gasteiger partial charge in [0.2, 0.25) is 6.79 Å². The number of ether oxygens (including phenoxy) is 3. The van der Waals surface area contributed by atoms with Crippen molar-refractivity contribution >= 4 is 22.3 Å². The van der Waals surface area contributed by atoms with Crippen LogP contribution in [0.15, 0.2) is 64.8 Å². The van der Waals surface area contributed by atoms with Crippen LogP contribution in [0.1, 0.15) is 16.1 Å². The van der Waals surface area contributed by atoms with Crippen LogP contribution in [0.4, 0.5) is 0 Å². The van der Waals surface area contributed by atoms with Crippen molar-refractivity contribution in [2.24, 2.45) is 0 Å². The summed E-state index contributed by atoms with van der Waals surface area (Å²) in [6.07, 6.45) is 0. The lowest BCUT2D eigenvalue weighted by molar-refractivity contribution is 0.0467. The number of fused-ring (bicyclic) bond motifs is 2. The maximum atomic E-state index is 12.7. The fraction of sp³-hybridized carbons (Fsp3) is 0.0952. The van der Waals surface area contributed by atoms with E-state index in [4.69, 9.17) is 14.2 Å². The Morgan fingerprint density at radius 1 is 1.10 bits per heavy atom. The molecule has 7 nitrogen and oxygen atoms in total. The number of nitrogens with zero attached hydrogens (tertiary/aromatic N) is 2. The third kappa shape index (κ3) is 3.23. The molecule has 0 spiro atoms. The highest BCUT2D eigenvalue weighted by Gasteiger charge is 2.18. The van der Waals surface area contributed by atoms with Crippen molar-refractivity contribution in [3.8, 4) is 22.8 Å². The Hall–Kier alpha value is -3.65. The highest BCUT2D eigenvalue weighted by molar-refractivity contribution is 7.15. The Bertz CT molecular complexity index is 1280. The minimum Gasteiger partial charge on any atom is -0.456 e. The van der Waals surface area contributed by atoms with E-state index < -0.39 is 5.97 Å². The standard InChI is InChI=1S/C21H14N2O5S/c24-19-9-15(10-26-20(25)14-6-7-17-18(8-14)28-12-27-17)22-21-23(19)16(11-29-21)13-4-2-1-3-5-13/h1-9,11H,10,12H2. The monoisotopic (exact) mass is 406 g/mol. The van der Waals surface area contributed by atoms with Gasteiger partial charge in [-0.2, -0.15) is 0 Å². The zero-order chi connectivity index (χ0) is 19.8. The molecule has 0 bridgehead atoms. The highest BCUT2D eigenvalue weighted by Crippen LogP contribution is 2.32. The second kappa shape index (κ2) is 7.06. The van der Waals surface area contributed by atoms with Crippen LogP contribution in [0.5, 0.6) is 11.5 Å². The molecule has 2 aromatic carbocycles. The van der Waals surface area contributed by atoms with E-state index in [0.29, 0.717) is 27.7 Å². The van der Waals surface area contributed by atoms with Crippen molar-refractivity contribution in [1.29, 1.82) is 0 Å². The van der Waals surface area contributed by atoms with E-state index in [2.05, 4.69) is 4.98 Å². The largest absolute Gasteiger partial charge is 0.456 e. The van der Waals surface area contributed by atoms with E-state index in [1.165, 1.54) is 17.4 Å². The molecule has 0 saturated carbocycles. The topological polar surface area (TPSA) is 79.1 Å². The number of thiazole rings is 1. The summed E-state index contributed by atoms with van der Waals surface area (Å²) in [6.45, 7) is 0.0328. The van der Waals surface area contributed by atoms with Crippen LogP contribution in [0.2, 0.25) is 0 Å². The number of benzene rings is 2. The Balaban J connectivity index is 1.37. The highest BCUT2D eigenvalue weighted by atomic mass is 32.1. The number of carbonyl (C=O) groups is 1. The first-order valence-electron chi connectivity index (χ1n) is 8.81. The lowest BCUT2D eigenvalue weighted by atomic mass is 10.2. The summed E-state index contributed by atoms with van der Waals surface area (Å²) in [5, 5.41) is 1.89. The molecule has 0 saturated heterocycles. The normalized spacial score (nSPS) is 12.3. The number of esters is 1. The number of hydrogen-bond acceptors (Lipinski definition) is 7. The maximum Gasteiger partial charge on any atom is 0.338 e. The van der Waals surface area contributed by atoms with Crippen LogP contribution in [0.25, 0.3) is 16.2 Å². The summed E-state index contributed by atoms with van der Waals surface area (Å²) in [6, 6.07) is 15.9. The molecule has 8 heteroatoms. The lowest BCUT2D eigenvalue weighted by Gasteiger charge is -2.06. The minimum absolute atomic E-state index is 0.0996. The average Bonchev–Trinajstić information content (AvgIpc) is 3.39. The van der Waals surface area contributed by atoms with E-state index in [1.807, 2.05) is 35.7 Å². The molecule has 0 amide bonds. The van der Waals surface area contributed by atoms with Gasteiger partial charge in [0.1, 0.15) is 6.61 Å². The molecule has 4 aromatic rings. The van der Waals surface area contributed by atoms with Crippen LogP contribution < -0.4 is 15.0 Å². The number of aromatic nitrogens is 2.